The number of nitrogens with zero attached hydrogens (tertiary/aromatic N) is 2. The van der Waals surface area contributed by atoms with E-state index < -0.39 is 42.7 Å². The maximum atomic E-state index is 12.2. The molecule has 10 heteroatoms. The second-order valence-electron chi connectivity index (χ2n) is 5.79. The van der Waals surface area contributed by atoms with Crippen LogP contribution in [0.3, 0.4) is 0 Å². The van der Waals surface area contributed by atoms with E-state index in [0.29, 0.717) is 0 Å². The predicted molar refractivity (Wildman–Crippen MR) is 89.5 cm³/mol. The average molecular weight is 362 g/mol. The Morgan fingerprint density at radius 1 is 1.35 bits per heavy atom. The monoisotopic (exact) mass is 362 g/mol. The number of phenolic OH excluding ortho intramolecular Hbond substituents is 1. The molecular weight excluding hydrogens is 344 g/mol. The standard InChI is InChI=1S/C16H18N4O6/c17-12-13(23)10(7-21)26-15(12)20-6-5-11(19-16(20)25)18-14(24)8-3-1-2-4-9(8)22/h1-6,10,12-13,15,21-23H,7,17H2,(H,18,19,24,25)/t10-,12+,13-,15-/m1/s1. The van der Waals surface area contributed by atoms with Gasteiger partial charge in [0.15, 0.2) is 6.23 Å². The van der Waals surface area contributed by atoms with E-state index in [1.54, 1.807) is 12.1 Å². The smallest absolute Gasteiger partial charge is 0.351 e. The van der Waals surface area contributed by atoms with Gasteiger partial charge in [0.1, 0.15) is 23.8 Å². The Morgan fingerprint density at radius 2 is 2.08 bits per heavy atom. The number of aromatic hydroxyl groups is 1. The number of para-hydroxylation sites is 1. The lowest BCUT2D eigenvalue weighted by Gasteiger charge is -2.18. The van der Waals surface area contributed by atoms with Crippen LogP contribution in [0.2, 0.25) is 0 Å². The first-order valence-corrected chi connectivity index (χ1v) is 7.81. The highest BCUT2D eigenvalue weighted by Crippen LogP contribution is 2.26. The number of anilines is 1. The summed E-state index contributed by atoms with van der Waals surface area (Å²) in [5.74, 6) is -0.852. The summed E-state index contributed by atoms with van der Waals surface area (Å²) in [4.78, 5) is 28.1. The number of nitrogens with one attached hydrogen (secondary N) is 1. The van der Waals surface area contributed by atoms with Crippen LogP contribution in [0.4, 0.5) is 5.82 Å². The molecular formula is C16H18N4O6. The molecule has 138 valence electrons. The van der Waals surface area contributed by atoms with E-state index in [2.05, 4.69) is 10.3 Å². The molecule has 0 unspecified atom stereocenters. The van der Waals surface area contributed by atoms with Gasteiger partial charge in [0, 0.05) is 6.20 Å². The largest absolute Gasteiger partial charge is 0.507 e. The number of nitrogens with two attached hydrogens (primary N) is 1. The van der Waals surface area contributed by atoms with Gasteiger partial charge in [-0.25, -0.2) is 4.79 Å². The lowest BCUT2D eigenvalue weighted by molar-refractivity contribution is -0.0464. The molecule has 6 N–H and O–H groups in total. The van der Waals surface area contributed by atoms with E-state index in [9.17, 15) is 19.8 Å². The molecule has 0 spiro atoms. The van der Waals surface area contributed by atoms with Crippen molar-refractivity contribution >= 4 is 11.7 Å². The summed E-state index contributed by atoms with van der Waals surface area (Å²) >= 11 is 0. The molecule has 1 aliphatic rings. The number of amides is 1. The van der Waals surface area contributed by atoms with Crippen molar-refractivity contribution < 1.29 is 24.9 Å². The van der Waals surface area contributed by atoms with Gasteiger partial charge in [-0.15, -0.1) is 0 Å². The molecule has 1 saturated heterocycles. The van der Waals surface area contributed by atoms with E-state index in [0.717, 1.165) is 4.57 Å². The van der Waals surface area contributed by atoms with Gasteiger partial charge in [-0.3, -0.25) is 9.36 Å². The summed E-state index contributed by atoms with van der Waals surface area (Å²) in [6, 6.07) is 6.38. The number of aliphatic hydroxyl groups is 2. The molecule has 0 radical (unpaired) electrons. The molecule has 10 nitrogen and oxygen atoms in total. The Morgan fingerprint density at radius 3 is 2.69 bits per heavy atom. The van der Waals surface area contributed by atoms with Crippen LogP contribution in [-0.4, -0.2) is 55.6 Å². The van der Waals surface area contributed by atoms with Gasteiger partial charge in [-0.1, -0.05) is 12.1 Å². The maximum absolute atomic E-state index is 12.2. The highest BCUT2D eigenvalue weighted by molar-refractivity contribution is 6.05. The second kappa shape index (κ2) is 7.22. The van der Waals surface area contributed by atoms with Crippen LogP contribution in [0.25, 0.3) is 0 Å². The SMILES string of the molecule is N[C@H]1[C@H](O)[C@@H](CO)O[C@H]1n1ccc(NC(=O)c2ccccc2O)nc1=O. The summed E-state index contributed by atoms with van der Waals surface area (Å²) in [6.45, 7) is -0.442. The minimum absolute atomic E-state index is 0.0228. The van der Waals surface area contributed by atoms with Crippen molar-refractivity contribution in [2.75, 3.05) is 11.9 Å². The fourth-order valence-corrected chi connectivity index (χ4v) is 2.69. The molecule has 1 aliphatic heterocycles. The summed E-state index contributed by atoms with van der Waals surface area (Å²) < 4.78 is 6.45. The number of ether oxygens (including phenoxy) is 1. The van der Waals surface area contributed by atoms with Gasteiger partial charge < -0.3 is 31.1 Å². The number of benzene rings is 1. The van der Waals surface area contributed by atoms with E-state index in [1.165, 1.54) is 24.4 Å². The molecule has 1 amide bonds. The minimum atomic E-state index is -1.13. The molecule has 1 aromatic carbocycles. The zero-order valence-corrected chi connectivity index (χ0v) is 13.5. The Labute approximate surface area is 147 Å². The average Bonchev–Trinajstić information content (AvgIpc) is 2.90. The second-order valence-corrected chi connectivity index (χ2v) is 5.79. The van der Waals surface area contributed by atoms with Crippen LogP contribution in [0.15, 0.2) is 41.3 Å². The predicted octanol–water partition coefficient (Wildman–Crippen LogP) is -1.22. The fourth-order valence-electron chi connectivity index (χ4n) is 2.69. The Bertz CT molecular complexity index is 870. The number of carbonyl (C=O) groups is 1. The highest BCUT2D eigenvalue weighted by Gasteiger charge is 2.42. The van der Waals surface area contributed by atoms with Crippen molar-refractivity contribution in [3.8, 4) is 5.75 Å². The molecule has 2 aromatic rings. The normalized spacial score (nSPS) is 25.2. The van der Waals surface area contributed by atoms with Crippen molar-refractivity contribution in [1.82, 2.24) is 9.55 Å². The number of rotatable bonds is 4. The maximum Gasteiger partial charge on any atom is 0.351 e. The molecule has 4 atom stereocenters. The van der Waals surface area contributed by atoms with Crippen LogP contribution in [0.5, 0.6) is 5.75 Å². The Balaban J connectivity index is 1.79. The number of hydrogen-bond donors (Lipinski definition) is 5. The van der Waals surface area contributed by atoms with Crippen molar-refractivity contribution in [3.63, 3.8) is 0 Å². The summed E-state index contributed by atoms with van der Waals surface area (Å²) in [5.41, 5.74) is 5.11. The van der Waals surface area contributed by atoms with E-state index in [1.807, 2.05) is 0 Å². The zero-order chi connectivity index (χ0) is 18.8. The van der Waals surface area contributed by atoms with Crippen LogP contribution in [0, 0.1) is 0 Å². The first-order chi connectivity index (χ1) is 12.4. The van der Waals surface area contributed by atoms with Gasteiger partial charge in [0.2, 0.25) is 0 Å². The molecule has 2 heterocycles. The number of hydrogen-bond acceptors (Lipinski definition) is 8. The lowest BCUT2D eigenvalue weighted by atomic mass is 10.1. The van der Waals surface area contributed by atoms with E-state index in [-0.39, 0.29) is 17.1 Å². The van der Waals surface area contributed by atoms with Gasteiger partial charge in [0.05, 0.1) is 18.2 Å². The molecule has 3 rings (SSSR count). The van der Waals surface area contributed by atoms with Gasteiger partial charge >= 0.3 is 5.69 Å². The summed E-state index contributed by atoms with van der Waals surface area (Å²) in [6.07, 6.45) is -1.71. The molecule has 0 saturated carbocycles. The quantitative estimate of drug-likeness (QED) is 0.452. The first-order valence-electron chi connectivity index (χ1n) is 7.81. The van der Waals surface area contributed by atoms with Gasteiger partial charge in [-0.2, -0.15) is 4.98 Å². The first kappa shape index (κ1) is 18.0. The number of aromatic nitrogens is 2. The molecule has 26 heavy (non-hydrogen) atoms. The van der Waals surface area contributed by atoms with Crippen molar-refractivity contribution in [1.29, 1.82) is 0 Å². The third kappa shape index (κ3) is 3.30. The third-order valence-corrected chi connectivity index (χ3v) is 4.09. The van der Waals surface area contributed by atoms with Crippen LogP contribution in [0.1, 0.15) is 16.6 Å². The third-order valence-electron chi connectivity index (χ3n) is 4.09. The molecule has 0 bridgehead atoms. The number of aliphatic hydroxyl groups excluding tert-OH is 2. The number of phenols is 1. The highest BCUT2D eigenvalue weighted by atomic mass is 16.5. The summed E-state index contributed by atoms with van der Waals surface area (Å²) in [7, 11) is 0. The minimum Gasteiger partial charge on any atom is -0.507 e. The van der Waals surface area contributed by atoms with Crippen LogP contribution < -0.4 is 16.7 Å². The summed E-state index contributed by atoms with van der Waals surface area (Å²) in [5, 5.41) is 31.1. The molecule has 0 aliphatic carbocycles. The molecule has 1 fully saturated rings. The lowest BCUT2D eigenvalue weighted by Crippen LogP contribution is -2.42. The van der Waals surface area contributed by atoms with E-state index >= 15 is 0 Å². The van der Waals surface area contributed by atoms with Crippen molar-refractivity contribution in [3.05, 3.63) is 52.6 Å². The van der Waals surface area contributed by atoms with Crippen molar-refractivity contribution in [2.24, 2.45) is 5.73 Å². The number of carbonyl (C=O) groups excluding carboxylic acids is 1. The molecule has 1 aromatic heterocycles. The van der Waals surface area contributed by atoms with Crippen LogP contribution >= 0.6 is 0 Å². The van der Waals surface area contributed by atoms with E-state index in [4.69, 9.17) is 15.6 Å². The van der Waals surface area contributed by atoms with Crippen LogP contribution in [-0.2, 0) is 4.74 Å². The van der Waals surface area contributed by atoms with Gasteiger partial charge in [-0.05, 0) is 18.2 Å². The van der Waals surface area contributed by atoms with Gasteiger partial charge in [0.25, 0.3) is 5.91 Å². The Kier molecular flexibility index (Phi) is 5.00. The van der Waals surface area contributed by atoms with Crippen molar-refractivity contribution in [2.45, 2.75) is 24.5 Å². The topological polar surface area (TPSA) is 160 Å². The fraction of sp³-hybridized carbons (Fsp3) is 0.312. The Hall–Kier alpha value is -2.79. The zero-order valence-electron chi connectivity index (χ0n) is 13.5.